The number of hydrogen-bond donors (Lipinski definition) is 16. The molecule has 6 rings (SSSR count). The van der Waals surface area contributed by atoms with Gasteiger partial charge in [0.1, 0.15) is 54.2 Å². The topological polar surface area (TPSA) is 476 Å². The number of urea groups is 1. The molecular weight excluding hydrogens is 1130 g/mol. The number of carbonyl (C=O) groups excluding carboxylic acids is 8. The van der Waals surface area contributed by atoms with Gasteiger partial charge in [-0.25, -0.2) is 4.79 Å². The lowest BCUT2D eigenvalue weighted by molar-refractivity contribution is -0.148. The van der Waals surface area contributed by atoms with Crippen molar-refractivity contribution in [2.24, 2.45) is 11.7 Å². The van der Waals surface area contributed by atoms with Crippen molar-refractivity contribution in [3.8, 4) is 17.2 Å². The predicted octanol–water partition coefficient (Wildman–Crippen LogP) is -3.22. The Kier molecular flexibility index (Phi) is 22.6. The molecule has 3 saturated heterocycles. The summed E-state index contributed by atoms with van der Waals surface area (Å²) in [6, 6.07) is -1.03. The van der Waals surface area contributed by atoms with Crippen molar-refractivity contribution in [2.45, 2.75) is 151 Å². The molecule has 9 amide bonds. The monoisotopic (exact) mass is 1200 g/mol. The zero-order valence-electron chi connectivity index (χ0n) is 46.1. The third kappa shape index (κ3) is 17.1. The van der Waals surface area contributed by atoms with E-state index in [0.29, 0.717) is 33.6 Å². The normalized spacial score (nSPS) is 26.5. The maximum Gasteiger partial charge on any atom is 0.446 e. The van der Waals surface area contributed by atoms with Crippen molar-refractivity contribution in [3.05, 3.63) is 60.2 Å². The molecule has 3 heterocycles. The number of phenolic OH excluding ortho intramolecular Hbond substituents is 1. The summed E-state index contributed by atoms with van der Waals surface area (Å²) >= 11 is 0. The molecule has 462 valence electrons. The highest BCUT2D eigenvalue weighted by atomic mass is 32.3. The van der Waals surface area contributed by atoms with Crippen LogP contribution in [-0.4, -0.2) is 210 Å². The van der Waals surface area contributed by atoms with Crippen molar-refractivity contribution in [3.63, 3.8) is 0 Å². The standard InChI is InChI=1S/C53H73N9O21S/c1-4-5-6-7-8-15-82-33-13-10-27-16-30(12-9-28(27)17-33)56-53(78)57-34-19-31(64)22-55-50(75)43-44(69)25(2)23-62(43)52(77)41(37(67)21-39(54)68)59-49(74)42(46(71)45(70)29-11-14-36(66)38(18-29)83-84(79,80)81)60-48(73)35-20-32(65)24-61(35)51(76)40(26(3)63)58-47(34)72/h9-14,16-18,25-26,31-32,34-35,37,40-46,63-67,69-71H,4-8,15,19-24H2,1-3H3,(H2,54,68)(H,55,75)(H,58,72)(H,59,74)(H,60,73)(H2,56,57,78)(H,79,80,81)/t25-,26+,31-,32+,34-,35?,37+,40?,41?,42?,43?,44-,45-,46-/m0/s1. The summed E-state index contributed by atoms with van der Waals surface area (Å²) in [5.74, 6) is -11.5. The molecule has 0 aromatic heterocycles. The Morgan fingerprint density at radius 3 is 2.11 bits per heavy atom. The third-order valence-electron chi connectivity index (χ3n) is 14.5. The lowest BCUT2D eigenvalue weighted by atomic mass is 9.96. The molecule has 0 saturated carbocycles. The number of nitrogens with two attached hydrogens (primary N) is 1. The molecule has 31 heteroatoms. The fourth-order valence-corrected chi connectivity index (χ4v) is 10.5. The van der Waals surface area contributed by atoms with Crippen LogP contribution in [0.25, 0.3) is 10.8 Å². The molecule has 84 heavy (non-hydrogen) atoms. The molecule has 0 bridgehead atoms. The molecule has 0 radical (unpaired) electrons. The molecule has 17 N–H and O–H groups in total. The number of nitrogens with one attached hydrogen (secondary N) is 6. The number of phenols is 1. The summed E-state index contributed by atoms with van der Waals surface area (Å²) in [5, 5.41) is 105. The Labute approximate surface area is 482 Å². The van der Waals surface area contributed by atoms with E-state index in [2.05, 4.69) is 43.0 Å². The van der Waals surface area contributed by atoms with Gasteiger partial charge in [0, 0.05) is 44.1 Å². The summed E-state index contributed by atoms with van der Waals surface area (Å²) < 4.78 is 42.6. The number of aliphatic hydroxyl groups excluding tert-OH is 7. The number of aliphatic hydroxyl groups is 7. The van der Waals surface area contributed by atoms with Crippen LogP contribution in [0, 0.1) is 5.92 Å². The predicted molar refractivity (Wildman–Crippen MR) is 293 cm³/mol. The Balaban J connectivity index is 1.35. The summed E-state index contributed by atoms with van der Waals surface area (Å²) in [7, 11) is -5.33. The molecule has 0 aliphatic carbocycles. The SMILES string of the molecule is CCCCCCCOc1ccc2cc(NC(=O)N[C@H]3C[C@H](O)CNC(=O)C4[C@@H](O)[C@@H](C)CN4C(=O)C([C@H](O)CC(N)=O)NC(=O)C([C@H](O)[C@@H](O)c4ccc(O)c(OS(=O)(=O)O)c4)NC(=O)C4C[C@@H](O)CN4C(=O)C([C@@H](C)O)NC3=O)ccc2c1. The highest BCUT2D eigenvalue weighted by molar-refractivity contribution is 7.81. The first-order valence-electron chi connectivity index (χ1n) is 27.2. The molecule has 30 nitrogen and oxygen atoms in total. The van der Waals surface area contributed by atoms with Gasteiger partial charge in [-0.05, 0) is 66.1 Å². The van der Waals surface area contributed by atoms with Crippen LogP contribution < -0.4 is 46.6 Å². The Bertz CT molecular complexity index is 3010. The quantitative estimate of drug-likeness (QED) is 0.0440. The second-order valence-electron chi connectivity index (χ2n) is 21.2. The number of hydrogen-bond acceptors (Lipinski definition) is 20. The second kappa shape index (κ2) is 28.9. The van der Waals surface area contributed by atoms with Crippen molar-refractivity contribution in [1.29, 1.82) is 0 Å². The van der Waals surface area contributed by atoms with Crippen LogP contribution in [-0.2, 0) is 44.0 Å². The zero-order chi connectivity index (χ0) is 61.9. The van der Waals surface area contributed by atoms with Crippen LogP contribution in [0.2, 0.25) is 0 Å². The van der Waals surface area contributed by atoms with E-state index >= 15 is 0 Å². The zero-order valence-corrected chi connectivity index (χ0v) is 46.9. The smallest absolute Gasteiger partial charge is 0.446 e. The first kappa shape index (κ1) is 65.7. The van der Waals surface area contributed by atoms with Gasteiger partial charge in [0.25, 0.3) is 0 Å². The summed E-state index contributed by atoms with van der Waals surface area (Å²) in [6.07, 6.45) is -11.3. The fraction of sp³-hybridized carbons (Fsp3) is 0.547. The summed E-state index contributed by atoms with van der Waals surface area (Å²) in [4.78, 5) is 114. The van der Waals surface area contributed by atoms with E-state index in [1.807, 2.05) is 6.07 Å². The first-order valence-corrected chi connectivity index (χ1v) is 28.5. The number of unbranched alkanes of at least 4 members (excludes halogenated alkanes) is 4. The molecule has 0 spiro atoms. The summed E-state index contributed by atoms with van der Waals surface area (Å²) in [6.45, 7) is 3.24. The number of rotatable bonds is 18. The van der Waals surface area contributed by atoms with Crippen LogP contribution in [0.15, 0.2) is 54.6 Å². The lowest BCUT2D eigenvalue weighted by Crippen LogP contribution is -2.64. The average Bonchev–Trinajstić information content (AvgIpc) is 3.25. The van der Waals surface area contributed by atoms with Gasteiger partial charge in [0.2, 0.25) is 41.4 Å². The van der Waals surface area contributed by atoms with Gasteiger partial charge < -0.3 is 97.2 Å². The Morgan fingerprint density at radius 1 is 0.774 bits per heavy atom. The largest absolute Gasteiger partial charge is 0.504 e. The first-order chi connectivity index (χ1) is 39.6. The van der Waals surface area contributed by atoms with Gasteiger partial charge in [-0.1, -0.05) is 57.7 Å². The Morgan fingerprint density at radius 2 is 1.43 bits per heavy atom. The van der Waals surface area contributed by atoms with Crippen molar-refractivity contribution in [1.82, 2.24) is 36.4 Å². The van der Waals surface area contributed by atoms with Crippen molar-refractivity contribution < 1.29 is 101 Å². The number of anilines is 1. The minimum absolute atomic E-state index is 0.239. The molecule has 3 aromatic rings. The highest BCUT2D eigenvalue weighted by Gasteiger charge is 2.50. The van der Waals surface area contributed by atoms with Crippen molar-refractivity contribution in [2.75, 3.05) is 31.6 Å². The number of β-amino-alcohol motifs (C(OH)–C–C–N with tert-alkyl or cyclic N) is 1. The minimum Gasteiger partial charge on any atom is -0.504 e. The number of fused-ring (bicyclic) bond motifs is 3. The number of primary amides is 1. The van der Waals surface area contributed by atoms with Gasteiger partial charge >= 0.3 is 16.4 Å². The number of amides is 9. The molecular formula is C53H73N9O21S. The maximum absolute atomic E-state index is 14.6. The van der Waals surface area contributed by atoms with Gasteiger partial charge in [-0.3, -0.25) is 38.1 Å². The van der Waals surface area contributed by atoms with Crippen LogP contribution >= 0.6 is 0 Å². The van der Waals surface area contributed by atoms with Crippen LogP contribution in [0.4, 0.5) is 10.5 Å². The second-order valence-corrected chi connectivity index (χ2v) is 22.2. The van der Waals surface area contributed by atoms with E-state index in [1.165, 1.54) is 6.92 Å². The van der Waals surface area contributed by atoms with Gasteiger partial charge in [-0.15, -0.1) is 0 Å². The molecule has 3 aromatic carbocycles. The fourth-order valence-electron chi connectivity index (χ4n) is 10.1. The van der Waals surface area contributed by atoms with Crippen LogP contribution in [0.1, 0.15) is 83.8 Å². The van der Waals surface area contributed by atoms with E-state index in [9.17, 15) is 92.2 Å². The van der Waals surface area contributed by atoms with E-state index < -0.39 is 199 Å². The summed E-state index contributed by atoms with van der Waals surface area (Å²) in [5.41, 5.74) is 5.02. The van der Waals surface area contributed by atoms with E-state index in [1.54, 1.807) is 30.3 Å². The van der Waals surface area contributed by atoms with Crippen molar-refractivity contribution >= 4 is 74.2 Å². The Hall–Kier alpha value is -7.49. The number of aromatic hydroxyl groups is 1. The number of carbonyl (C=O) groups is 8. The molecule has 14 atom stereocenters. The maximum atomic E-state index is 14.6. The molecule has 3 fully saturated rings. The highest BCUT2D eigenvalue weighted by Crippen LogP contribution is 2.33. The average molecular weight is 1200 g/mol. The van der Waals surface area contributed by atoms with Gasteiger partial charge in [0.05, 0.1) is 43.5 Å². The van der Waals surface area contributed by atoms with Crippen LogP contribution in [0.3, 0.4) is 0 Å². The lowest BCUT2D eigenvalue weighted by Gasteiger charge is -2.34. The van der Waals surface area contributed by atoms with E-state index in [-0.39, 0.29) is 5.69 Å². The number of ether oxygens (including phenoxy) is 1. The number of nitrogens with zero attached hydrogens (tertiary/aromatic N) is 2. The molecule has 5 unspecified atom stereocenters. The van der Waals surface area contributed by atoms with Gasteiger partial charge in [-0.2, -0.15) is 8.42 Å². The minimum atomic E-state index is -5.33. The van der Waals surface area contributed by atoms with Crippen LogP contribution in [0.5, 0.6) is 17.2 Å². The van der Waals surface area contributed by atoms with E-state index in [0.717, 1.165) is 56.5 Å². The van der Waals surface area contributed by atoms with Gasteiger partial charge in [0.15, 0.2) is 11.5 Å². The third-order valence-corrected chi connectivity index (χ3v) is 14.9. The molecule has 3 aliphatic heterocycles. The van der Waals surface area contributed by atoms with E-state index in [4.69, 9.17) is 10.5 Å². The number of benzene rings is 3. The molecule has 3 aliphatic rings.